The van der Waals surface area contributed by atoms with Gasteiger partial charge in [0.05, 0.1) is 45.4 Å². The number of hydrogen-bond acceptors (Lipinski definition) is 10. The van der Waals surface area contributed by atoms with Crippen LogP contribution in [-0.4, -0.2) is 62.4 Å². The lowest BCUT2D eigenvalue weighted by atomic mass is 9.49. The average molecular weight is 924 g/mol. The van der Waals surface area contributed by atoms with E-state index in [1.54, 1.807) is 19.1 Å². The van der Waals surface area contributed by atoms with Crippen molar-refractivity contribution in [3.63, 3.8) is 0 Å². The number of benzene rings is 2. The first kappa shape index (κ1) is 43.1. The number of carbonyl (C=O) groups is 4. The molecule has 2 saturated heterocycles. The topological polar surface area (TPSA) is 145 Å². The standard InChI is InChI=1S/C41H31Cl3F6N6O6/c1-3-62-28-6-4-5-23(32(28)57)31-21-11-12-22-30(37(60)56(35(22)58)54(2)34-26(43)13-14-29(52-34)41(48,49)50)24(21)16-25-36(59)55(38(61)39(25,31)18-7-9-20(42)10-8-18)53-33-27(44)15-19(17-51-33)40(45,46)47/h4-11,13-15,17,22,24-25,30-31,57H,3,12,16H2,1-2H3,(H,51,53)/t22-,24+,25-,30-,31+,39+/m0/s1. The molecule has 62 heavy (non-hydrogen) atoms. The molecular weight excluding hydrogens is 893 g/mol. The molecule has 3 fully saturated rings. The quantitative estimate of drug-likeness (QED) is 0.100. The number of carbonyl (C=O) groups excluding carboxylic acids is 4. The summed E-state index contributed by atoms with van der Waals surface area (Å²) in [5.74, 6) is -11.0. The Kier molecular flexibility index (Phi) is 10.7. The van der Waals surface area contributed by atoms with E-state index >= 15 is 4.79 Å². The number of nitrogens with one attached hydrogen (secondary N) is 1. The zero-order chi connectivity index (χ0) is 44.8. The van der Waals surface area contributed by atoms with E-state index in [0.29, 0.717) is 33.9 Å². The summed E-state index contributed by atoms with van der Waals surface area (Å²) in [6, 6.07) is 12.7. The normalized spacial score (nSPS) is 24.8. The number of amides is 4. The van der Waals surface area contributed by atoms with E-state index in [9.17, 15) is 45.8 Å². The van der Waals surface area contributed by atoms with Crippen molar-refractivity contribution in [3.8, 4) is 11.5 Å². The summed E-state index contributed by atoms with van der Waals surface area (Å²) >= 11 is 18.9. The van der Waals surface area contributed by atoms with Gasteiger partial charge in [0.1, 0.15) is 5.69 Å². The third kappa shape index (κ3) is 6.68. The summed E-state index contributed by atoms with van der Waals surface area (Å²) in [6.07, 6.45) is -8.00. The number of imide groups is 2. The average Bonchev–Trinajstić information content (AvgIpc) is 3.59. The van der Waals surface area contributed by atoms with E-state index in [2.05, 4.69) is 15.4 Å². The Morgan fingerprint density at radius 2 is 1.63 bits per heavy atom. The van der Waals surface area contributed by atoms with Gasteiger partial charge in [-0.25, -0.2) is 9.97 Å². The van der Waals surface area contributed by atoms with E-state index in [1.807, 2.05) is 0 Å². The fraction of sp³-hybridized carbons (Fsp3) is 0.317. The van der Waals surface area contributed by atoms with E-state index in [-0.39, 0.29) is 46.4 Å². The predicted octanol–water partition coefficient (Wildman–Crippen LogP) is 8.62. The third-order valence-electron chi connectivity index (χ3n) is 11.9. The molecule has 0 unspecified atom stereocenters. The summed E-state index contributed by atoms with van der Waals surface area (Å²) in [7, 11) is 1.16. The molecule has 324 valence electrons. The molecular formula is C41H31Cl3F6N6O6. The van der Waals surface area contributed by atoms with E-state index < -0.39 is 105 Å². The molecule has 12 nitrogen and oxygen atoms in total. The minimum atomic E-state index is -4.90. The number of pyridine rings is 2. The third-order valence-corrected chi connectivity index (χ3v) is 12.7. The molecule has 1 saturated carbocycles. The highest BCUT2D eigenvalue weighted by Gasteiger charge is 2.71. The highest BCUT2D eigenvalue weighted by atomic mass is 35.5. The Morgan fingerprint density at radius 1 is 0.919 bits per heavy atom. The van der Waals surface area contributed by atoms with Crippen LogP contribution in [0.25, 0.3) is 0 Å². The number of halogens is 9. The van der Waals surface area contributed by atoms with Crippen molar-refractivity contribution >= 4 is 70.1 Å². The monoisotopic (exact) mass is 922 g/mol. The number of ether oxygens (including phenoxy) is 1. The number of rotatable bonds is 8. The Labute approximate surface area is 362 Å². The Bertz CT molecular complexity index is 2580. The van der Waals surface area contributed by atoms with Crippen LogP contribution in [0.4, 0.5) is 38.0 Å². The zero-order valence-corrected chi connectivity index (χ0v) is 34.3. The fourth-order valence-electron chi connectivity index (χ4n) is 9.36. The molecule has 2 aliphatic carbocycles. The SMILES string of the molecule is CCOc1cccc([C@H]2C3=CC[C@@H]4C(=O)N(N(C)c5nc(C(F)(F)F)ccc5Cl)C(=O)[C@@H]4[C@@H]3C[C@H]3C(=O)N(Nc4ncc(C(F)(F)F)cc4Cl)C(=O)[C@@]23c2ccc(Cl)cc2)c1O. The van der Waals surface area contributed by atoms with Crippen LogP contribution in [0.15, 0.2) is 78.5 Å². The summed E-state index contributed by atoms with van der Waals surface area (Å²) in [5, 5.41) is 13.4. The van der Waals surface area contributed by atoms with Gasteiger partial charge in [0.2, 0.25) is 0 Å². The lowest BCUT2D eigenvalue weighted by Crippen LogP contribution is -2.53. The molecule has 4 heterocycles. The van der Waals surface area contributed by atoms with Crippen LogP contribution in [-0.2, 0) is 36.9 Å². The molecule has 0 radical (unpaired) electrons. The van der Waals surface area contributed by atoms with Crippen LogP contribution >= 0.6 is 34.8 Å². The molecule has 0 bridgehead atoms. The first-order valence-electron chi connectivity index (χ1n) is 18.8. The van der Waals surface area contributed by atoms with Gasteiger partial charge < -0.3 is 9.84 Å². The number of nitrogens with zero attached hydrogens (tertiary/aromatic N) is 5. The second-order valence-electron chi connectivity index (χ2n) is 15.1. The number of phenolic OH excluding ortho intramolecular Hbond substituents is 1. The number of anilines is 2. The number of para-hydroxylation sites is 1. The number of hydrogen-bond donors (Lipinski definition) is 2. The number of aromatic hydroxyl groups is 1. The maximum atomic E-state index is 15.4. The van der Waals surface area contributed by atoms with Crippen LogP contribution in [0.3, 0.4) is 0 Å². The highest BCUT2D eigenvalue weighted by molar-refractivity contribution is 6.33. The summed E-state index contributed by atoms with van der Waals surface area (Å²) in [5.41, 5.74) is -1.30. The second kappa shape index (κ2) is 15.3. The van der Waals surface area contributed by atoms with Gasteiger partial charge in [0.25, 0.3) is 23.6 Å². The molecule has 2 aromatic heterocycles. The first-order valence-corrected chi connectivity index (χ1v) is 20.0. The predicted molar refractivity (Wildman–Crippen MR) is 211 cm³/mol. The lowest BCUT2D eigenvalue weighted by Gasteiger charge is -2.50. The Balaban J connectivity index is 1.30. The molecule has 6 atom stereocenters. The maximum absolute atomic E-state index is 15.4. The van der Waals surface area contributed by atoms with Gasteiger partial charge in [-0.15, -0.1) is 0 Å². The van der Waals surface area contributed by atoms with Gasteiger partial charge >= 0.3 is 12.4 Å². The number of alkyl halides is 6. The fourth-order valence-corrected chi connectivity index (χ4v) is 9.92. The van der Waals surface area contributed by atoms with Gasteiger partial charge in [0.15, 0.2) is 23.1 Å². The van der Waals surface area contributed by atoms with Gasteiger partial charge in [-0.05, 0) is 67.6 Å². The maximum Gasteiger partial charge on any atom is 0.433 e. The van der Waals surface area contributed by atoms with Gasteiger partial charge in [-0.2, -0.15) is 36.4 Å². The molecule has 4 aliphatic rings. The molecule has 0 spiro atoms. The first-order chi connectivity index (χ1) is 29.2. The van der Waals surface area contributed by atoms with Crippen molar-refractivity contribution in [3.05, 3.63) is 116 Å². The van der Waals surface area contributed by atoms with Crippen LogP contribution in [0.2, 0.25) is 15.1 Å². The highest BCUT2D eigenvalue weighted by Crippen LogP contribution is 2.65. The molecule has 2 aliphatic heterocycles. The zero-order valence-electron chi connectivity index (χ0n) is 32.1. The van der Waals surface area contributed by atoms with Crippen LogP contribution in [0.1, 0.15) is 48.1 Å². The van der Waals surface area contributed by atoms with Crippen molar-refractivity contribution in [2.75, 3.05) is 24.1 Å². The van der Waals surface area contributed by atoms with Crippen LogP contribution in [0.5, 0.6) is 11.5 Å². The van der Waals surface area contributed by atoms with Crippen LogP contribution < -0.4 is 15.2 Å². The van der Waals surface area contributed by atoms with Gasteiger partial charge in [0, 0.05) is 29.7 Å². The van der Waals surface area contributed by atoms with E-state index in [0.717, 1.165) is 18.1 Å². The molecule has 4 aromatic rings. The van der Waals surface area contributed by atoms with E-state index in [1.165, 1.54) is 36.4 Å². The van der Waals surface area contributed by atoms with Gasteiger partial charge in [-0.1, -0.05) is 70.7 Å². The molecule has 8 rings (SSSR count). The molecule has 2 N–H and O–H groups in total. The number of aromatic nitrogens is 2. The van der Waals surface area contributed by atoms with Crippen molar-refractivity contribution < 1.29 is 55.4 Å². The number of allylic oxidation sites excluding steroid dienone is 2. The number of fused-ring (bicyclic) bond motifs is 4. The van der Waals surface area contributed by atoms with Crippen molar-refractivity contribution in [2.24, 2.45) is 23.7 Å². The van der Waals surface area contributed by atoms with E-state index in [4.69, 9.17) is 39.5 Å². The smallest absolute Gasteiger partial charge is 0.433 e. The van der Waals surface area contributed by atoms with Crippen molar-refractivity contribution in [1.29, 1.82) is 0 Å². The Hall–Kier alpha value is -5.59. The van der Waals surface area contributed by atoms with Crippen molar-refractivity contribution in [2.45, 2.75) is 43.5 Å². The minimum absolute atomic E-state index is 0.0158. The largest absolute Gasteiger partial charge is 0.504 e. The lowest BCUT2D eigenvalue weighted by molar-refractivity contribution is -0.142. The second-order valence-corrected chi connectivity index (χ2v) is 16.3. The minimum Gasteiger partial charge on any atom is -0.504 e. The summed E-state index contributed by atoms with van der Waals surface area (Å²) in [6.45, 7) is 1.79. The summed E-state index contributed by atoms with van der Waals surface area (Å²) < 4.78 is 87.6. The number of phenols is 1. The van der Waals surface area contributed by atoms with Gasteiger partial charge in [-0.3, -0.25) is 29.6 Å². The molecule has 4 amide bonds. The summed E-state index contributed by atoms with van der Waals surface area (Å²) in [4.78, 5) is 66.7. The molecule has 21 heteroatoms. The molecule has 2 aromatic carbocycles. The van der Waals surface area contributed by atoms with Crippen LogP contribution in [0, 0.1) is 23.7 Å². The van der Waals surface area contributed by atoms with Crippen molar-refractivity contribution in [1.82, 2.24) is 20.0 Å². The Morgan fingerprint density at radius 3 is 2.27 bits per heavy atom. The number of hydrazine groups is 2.